The minimum atomic E-state index is -0.740. The zero-order chi connectivity index (χ0) is 32.7. The van der Waals surface area contributed by atoms with Crippen LogP contribution in [0.4, 0.5) is 0 Å². The molecular weight excluding hydrogens is 568 g/mol. The van der Waals surface area contributed by atoms with Gasteiger partial charge in [0.2, 0.25) is 5.75 Å². The first-order valence-corrected chi connectivity index (χ1v) is 14.4. The molecule has 11 nitrogen and oxygen atoms in total. The highest BCUT2D eigenvalue weighted by Crippen LogP contribution is 2.43. The Labute approximate surface area is 258 Å². The van der Waals surface area contributed by atoms with Gasteiger partial charge in [-0.15, -0.1) is 0 Å². The molecule has 0 radical (unpaired) electrons. The number of nitrogens with one attached hydrogen (secondary N) is 2. The van der Waals surface area contributed by atoms with Crippen molar-refractivity contribution in [2.24, 2.45) is 0 Å². The van der Waals surface area contributed by atoms with Crippen molar-refractivity contribution in [3.63, 3.8) is 0 Å². The second-order valence-electron chi connectivity index (χ2n) is 13.2. The third kappa shape index (κ3) is 11.0. The molecule has 0 atom stereocenters. The van der Waals surface area contributed by atoms with Crippen molar-refractivity contribution in [2.45, 2.75) is 85.0 Å². The lowest BCUT2D eigenvalue weighted by Crippen LogP contribution is -2.29. The van der Waals surface area contributed by atoms with E-state index in [1.807, 2.05) is 36.7 Å². The molecule has 0 aliphatic carbocycles. The summed E-state index contributed by atoms with van der Waals surface area (Å²) in [5.74, 6) is -2.01. The van der Waals surface area contributed by atoms with Crippen LogP contribution < -0.4 is 14.2 Å². The summed E-state index contributed by atoms with van der Waals surface area (Å²) in [5, 5.41) is 0. The third-order valence-corrected chi connectivity index (χ3v) is 5.53. The molecule has 2 aromatic heterocycles. The largest absolute Gasteiger partial charge is 0.478 e. The van der Waals surface area contributed by atoms with Crippen molar-refractivity contribution in [2.75, 3.05) is 19.8 Å². The van der Waals surface area contributed by atoms with Crippen molar-refractivity contribution in [3.8, 4) is 17.2 Å². The van der Waals surface area contributed by atoms with E-state index in [1.165, 1.54) is 0 Å². The number of ether oxygens (including phenoxy) is 6. The summed E-state index contributed by atoms with van der Waals surface area (Å²) >= 11 is 0. The Morgan fingerprint density at radius 3 is 1.30 bits per heavy atom. The molecule has 3 rings (SSSR count). The van der Waals surface area contributed by atoms with Crippen LogP contribution in [-0.2, 0) is 28.6 Å². The van der Waals surface area contributed by atoms with Crippen LogP contribution in [0.2, 0.25) is 0 Å². The Balaban J connectivity index is 2.10. The predicted octanol–water partition coefficient (Wildman–Crippen LogP) is 5.68. The standard InChI is InChI=1S/C33H44N2O9/c1-31(2,3)42-26(36)18-39-24-16-21(29(22-12-10-14-34-22)23-13-11-15-35-23)17-25(40-19-27(37)43-32(4,5)6)30(24)41-20-28(38)44-33(7,8)9/h10-17,29,34-35H,18-20H2,1-9H3. The second-order valence-corrected chi connectivity index (χ2v) is 13.2. The van der Waals surface area contributed by atoms with Gasteiger partial charge < -0.3 is 38.4 Å². The molecule has 0 aliphatic heterocycles. The molecule has 0 unspecified atom stereocenters. The van der Waals surface area contributed by atoms with Gasteiger partial charge in [0, 0.05) is 23.8 Å². The Morgan fingerprint density at radius 2 is 0.977 bits per heavy atom. The average Bonchev–Trinajstić information content (AvgIpc) is 3.58. The lowest BCUT2D eigenvalue weighted by molar-refractivity contribution is -0.159. The van der Waals surface area contributed by atoms with Crippen LogP contribution in [0.3, 0.4) is 0 Å². The lowest BCUT2D eigenvalue weighted by atomic mass is 9.92. The van der Waals surface area contributed by atoms with Crippen molar-refractivity contribution >= 4 is 17.9 Å². The molecule has 3 aromatic rings. The molecule has 0 spiro atoms. The van der Waals surface area contributed by atoms with Crippen LogP contribution >= 0.6 is 0 Å². The zero-order valence-electron chi connectivity index (χ0n) is 27.0. The normalized spacial score (nSPS) is 12.0. The minimum absolute atomic E-state index is 0.00319. The van der Waals surface area contributed by atoms with Crippen LogP contribution in [0, 0.1) is 0 Å². The maximum absolute atomic E-state index is 12.6. The number of rotatable bonds is 12. The number of hydrogen-bond acceptors (Lipinski definition) is 9. The van der Waals surface area contributed by atoms with Crippen LogP contribution in [0.15, 0.2) is 48.8 Å². The van der Waals surface area contributed by atoms with E-state index in [1.54, 1.807) is 74.4 Å². The van der Waals surface area contributed by atoms with Gasteiger partial charge in [-0.2, -0.15) is 0 Å². The number of esters is 3. The number of carbonyl (C=O) groups excluding carboxylic acids is 3. The fourth-order valence-corrected chi connectivity index (χ4v) is 4.21. The Kier molecular flexibility index (Phi) is 10.8. The first-order chi connectivity index (χ1) is 20.4. The maximum Gasteiger partial charge on any atom is 0.344 e. The van der Waals surface area contributed by atoms with Gasteiger partial charge in [0.05, 0.1) is 5.92 Å². The van der Waals surface area contributed by atoms with Crippen LogP contribution in [-0.4, -0.2) is 64.5 Å². The number of aromatic amines is 2. The summed E-state index contributed by atoms with van der Waals surface area (Å²) in [6, 6.07) is 11.0. The number of benzene rings is 1. The fourth-order valence-electron chi connectivity index (χ4n) is 4.21. The molecule has 44 heavy (non-hydrogen) atoms. The van der Waals surface area contributed by atoms with Crippen LogP contribution in [0.5, 0.6) is 17.2 Å². The van der Waals surface area contributed by atoms with Gasteiger partial charge in [-0.25, -0.2) is 14.4 Å². The highest BCUT2D eigenvalue weighted by atomic mass is 16.6. The fraction of sp³-hybridized carbons (Fsp3) is 0.485. The molecule has 11 heteroatoms. The van der Waals surface area contributed by atoms with Crippen molar-refractivity contribution in [1.29, 1.82) is 0 Å². The summed E-state index contributed by atoms with van der Waals surface area (Å²) < 4.78 is 34.1. The quantitative estimate of drug-likeness (QED) is 0.195. The molecular formula is C33H44N2O9. The van der Waals surface area contributed by atoms with Crippen molar-refractivity contribution in [3.05, 3.63) is 65.7 Å². The summed E-state index contributed by atoms with van der Waals surface area (Å²) in [7, 11) is 0. The average molecular weight is 613 g/mol. The monoisotopic (exact) mass is 612 g/mol. The highest BCUT2D eigenvalue weighted by molar-refractivity contribution is 5.74. The molecule has 0 saturated heterocycles. The molecule has 0 bridgehead atoms. The van der Waals surface area contributed by atoms with E-state index in [4.69, 9.17) is 28.4 Å². The maximum atomic E-state index is 12.6. The van der Waals surface area contributed by atoms with Gasteiger partial charge >= 0.3 is 17.9 Å². The van der Waals surface area contributed by atoms with Crippen LogP contribution in [0.25, 0.3) is 0 Å². The molecule has 0 saturated carbocycles. The van der Waals surface area contributed by atoms with E-state index in [2.05, 4.69) is 9.97 Å². The Hall–Kier alpha value is -4.41. The van der Waals surface area contributed by atoms with E-state index >= 15 is 0 Å². The van der Waals surface area contributed by atoms with Crippen LogP contribution in [0.1, 0.15) is 85.2 Å². The van der Waals surface area contributed by atoms with Crippen molar-refractivity contribution < 1.29 is 42.8 Å². The Bertz CT molecular complexity index is 1300. The Morgan fingerprint density at radius 1 is 0.614 bits per heavy atom. The third-order valence-electron chi connectivity index (χ3n) is 5.53. The zero-order valence-corrected chi connectivity index (χ0v) is 27.0. The van der Waals surface area contributed by atoms with E-state index in [0.717, 1.165) is 11.4 Å². The second kappa shape index (κ2) is 13.9. The van der Waals surface area contributed by atoms with Gasteiger partial charge in [-0.05, 0) is 104 Å². The summed E-state index contributed by atoms with van der Waals surface area (Å²) in [5.41, 5.74) is 0.184. The first-order valence-electron chi connectivity index (χ1n) is 14.4. The number of aromatic nitrogens is 2. The number of H-pyrrole nitrogens is 2. The van der Waals surface area contributed by atoms with Gasteiger partial charge in [0.25, 0.3) is 0 Å². The van der Waals surface area contributed by atoms with E-state index in [-0.39, 0.29) is 23.2 Å². The lowest BCUT2D eigenvalue weighted by Gasteiger charge is -2.24. The molecule has 2 heterocycles. The molecule has 0 fully saturated rings. The van der Waals surface area contributed by atoms with Gasteiger partial charge in [-0.1, -0.05) is 0 Å². The van der Waals surface area contributed by atoms with E-state index in [0.29, 0.717) is 5.56 Å². The molecule has 2 N–H and O–H groups in total. The molecule has 0 aliphatic rings. The molecule has 240 valence electrons. The number of carbonyl (C=O) groups is 3. The smallest absolute Gasteiger partial charge is 0.344 e. The topological polar surface area (TPSA) is 138 Å². The molecule has 1 aromatic carbocycles. The van der Waals surface area contributed by atoms with E-state index in [9.17, 15) is 14.4 Å². The minimum Gasteiger partial charge on any atom is -0.478 e. The van der Waals surface area contributed by atoms with Gasteiger partial charge in [-0.3, -0.25) is 0 Å². The SMILES string of the molecule is CC(C)(C)OC(=O)COc1cc(C(c2ccc[nH]2)c2ccc[nH]2)cc(OCC(=O)OC(C)(C)C)c1OCC(=O)OC(C)(C)C. The van der Waals surface area contributed by atoms with Crippen molar-refractivity contribution in [1.82, 2.24) is 9.97 Å². The molecule has 0 amide bonds. The summed E-state index contributed by atoms with van der Waals surface area (Å²) in [4.78, 5) is 44.4. The van der Waals surface area contributed by atoms with Gasteiger partial charge in [0.1, 0.15) is 16.8 Å². The first kappa shape index (κ1) is 34.1. The van der Waals surface area contributed by atoms with Gasteiger partial charge in [0.15, 0.2) is 31.3 Å². The summed E-state index contributed by atoms with van der Waals surface area (Å²) in [6.45, 7) is 14.3. The van der Waals surface area contributed by atoms with E-state index < -0.39 is 54.5 Å². The summed E-state index contributed by atoms with van der Waals surface area (Å²) in [6.07, 6.45) is 3.62. The predicted molar refractivity (Wildman–Crippen MR) is 163 cm³/mol. The highest BCUT2D eigenvalue weighted by Gasteiger charge is 2.27. The number of hydrogen-bond donors (Lipinski definition) is 2.